The van der Waals surface area contributed by atoms with Crippen molar-refractivity contribution in [2.45, 2.75) is 37.2 Å². The van der Waals surface area contributed by atoms with Gasteiger partial charge < -0.3 is 4.90 Å². The Kier molecular flexibility index (Phi) is 5.03. The first-order valence-corrected chi connectivity index (χ1v) is 11.1. The van der Waals surface area contributed by atoms with Gasteiger partial charge in [0, 0.05) is 29.2 Å². The van der Waals surface area contributed by atoms with E-state index in [4.69, 9.17) is 11.6 Å². The second-order valence-electron chi connectivity index (χ2n) is 7.29. The lowest BCUT2D eigenvalue weighted by Crippen LogP contribution is -2.52. The molecule has 3 amide bonds. The van der Waals surface area contributed by atoms with E-state index in [2.05, 4.69) is 10.0 Å². The number of amides is 3. The fourth-order valence-corrected chi connectivity index (χ4v) is 4.91. The topological polar surface area (TPSA) is 113 Å². The van der Waals surface area contributed by atoms with E-state index in [1.165, 1.54) is 29.2 Å². The molecule has 2 aliphatic rings. The zero-order valence-electron chi connectivity index (χ0n) is 15.9. The van der Waals surface area contributed by atoms with Crippen LogP contribution < -0.4 is 10.0 Å². The zero-order valence-corrected chi connectivity index (χ0v) is 17.5. The van der Waals surface area contributed by atoms with Gasteiger partial charge in [-0.15, -0.1) is 0 Å². The molecule has 4 rings (SSSR count). The molecular formula is C20H18ClN3O5S. The number of aryl methyl sites for hydroxylation is 1. The van der Waals surface area contributed by atoms with Crippen molar-refractivity contribution in [3.05, 3.63) is 58.1 Å². The van der Waals surface area contributed by atoms with Crippen LogP contribution in [-0.4, -0.2) is 37.1 Å². The van der Waals surface area contributed by atoms with Crippen LogP contribution in [0.25, 0.3) is 0 Å². The van der Waals surface area contributed by atoms with Crippen LogP contribution in [0.5, 0.6) is 0 Å². The van der Waals surface area contributed by atoms with Gasteiger partial charge in [-0.05, 0) is 54.8 Å². The summed E-state index contributed by atoms with van der Waals surface area (Å²) in [7, 11) is -3.87. The smallest absolute Gasteiger partial charge is 0.261 e. The number of imide groups is 1. The van der Waals surface area contributed by atoms with E-state index in [0.29, 0.717) is 21.8 Å². The Morgan fingerprint density at radius 1 is 1.13 bits per heavy atom. The molecular weight excluding hydrogens is 430 g/mol. The molecule has 0 saturated carbocycles. The van der Waals surface area contributed by atoms with E-state index in [1.807, 2.05) is 0 Å². The van der Waals surface area contributed by atoms with E-state index < -0.39 is 22.0 Å². The minimum atomic E-state index is -3.87. The van der Waals surface area contributed by atoms with Crippen LogP contribution in [0.15, 0.2) is 41.3 Å². The monoisotopic (exact) mass is 447 g/mol. The summed E-state index contributed by atoms with van der Waals surface area (Å²) in [6.07, 6.45) is 0.429. The molecule has 30 heavy (non-hydrogen) atoms. The van der Waals surface area contributed by atoms with Crippen molar-refractivity contribution in [1.29, 1.82) is 0 Å². The molecule has 8 nitrogen and oxygen atoms in total. The molecule has 0 bridgehead atoms. The molecule has 2 N–H and O–H groups in total. The third kappa shape index (κ3) is 3.66. The van der Waals surface area contributed by atoms with E-state index >= 15 is 0 Å². The predicted octanol–water partition coefficient (Wildman–Crippen LogP) is 2.21. The molecule has 1 unspecified atom stereocenters. The number of piperidine rings is 1. The first kappa shape index (κ1) is 20.4. The van der Waals surface area contributed by atoms with Crippen LogP contribution in [0.4, 0.5) is 5.69 Å². The van der Waals surface area contributed by atoms with Gasteiger partial charge in [0.25, 0.3) is 15.9 Å². The Labute approximate surface area is 178 Å². The van der Waals surface area contributed by atoms with Crippen LogP contribution >= 0.6 is 11.6 Å². The van der Waals surface area contributed by atoms with Crippen LogP contribution in [0.2, 0.25) is 5.02 Å². The summed E-state index contributed by atoms with van der Waals surface area (Å²) in [6, 6.07) is 8.34. The number of sulfonamides is 1. The molecule has 0 aliphatic carbocycles. The van der Waals surface area contributed by atoms with Gasteiger partial charge in [0.05, 0.1) is 4.90 Å². The molecule has 0 radical (unpaired) electrons. The van der Waals surface area contributed by atoms with Gasteiger partial charge in [0.2, 0.25) is 11.8 Å². The van der Waals surface area contributed by atoms with Gasteiger partial charge >= 0.3 is 0 Å². The van der Waals surface area contributed by atoms with Gasteiger partial charge in [-0.25, -0.2) is 8.42 Å². The number of nitrogens with zero attached hydrogens (tertiary/aromatic N) is 1. The summed E-state index contributed by atoms with van der Waals surface area (Å²) in [5.41, 5.74) is 2.07. The Hall–Kier alpha value is -2.91. The molecule has 2 aliphatic heterocycles. The molecule has 1 saturated heterocycles. The molecule has 1 atom stereocenters. The number of halogens is 1. The van der Waals surface area contributed by atoms with Crippen molar-refractivity contribution < 1.29 is 22.8 Å². The Balaban J connectivity index is 1.56. The number of benzene rings is 2. The third-order valence-corrected chi connectivity index (χ3v) is 7.02. The number of nitrogens with one attached hydrogen (secondary N) is 2. The fourth-order valence-electron chi connectivity index (χ4n) is 3.59. The van der Waals surface area contributed by atoms with E-state index in [1.54, 1.807) is 19.1 Å². The second-order valence-corrected chi connectivity index (χ2v) is 9.38. The number of hydrogen-bond donors (Lipinski definition) is 2. The Bertz CT molecular complexity index is 1190. The summed E-state index contributed by atoms with van der Waals surface area (Å²) < 4.78 is 27.9. The maximum absolute atomic E-state index is 12.7. The highest BCUT2D eigenvalue weighted by molar-refractivity contribution is 7.92. The van der Waals surface area contributed by atoms with Crippen molar-refractivity contribution >= 4 is 45.0 Å². The first-order chi connectivity index (χ1) is 14.2. The SMILES string of the molecule is Cc1ccc(S(=O)(=O)Nc2ccc3c(c2)CN(C2CCC(=O)NC2=O)C3=O)cc1Cl. The van der Waals surface area contributed by atoms with Crippen LogP contribution in [0.1, 0.15) is 34.3 Å². The van der Waals surface area contributed by atoms with E-state index in [-0.39, 0.29) is 36.1 Å². The van der Waals surface area contributed by atoms with Crippen molar-refractivity contribution in [3.63, 3.8) is 0 Å². The highest BCUT2D eigenvalue weighted by Gasteiger charge is 2.39. The largest absolute Gasteiger partial charge is 0.322 e. The normalized spacial score (nSPS) is 18.9. The number of anilines is 1. The molecule has 156 valence electrons. The highest BCUT2D eigenvalue weighted by atomic mass is 35.5. The number of hydrogen-bond acceptors (Lipinski definition) is 5. The average Bonchev–Trinajstić information content (AvgIpc) is 2.99. The Morgan fingerprint density at radius 3 is 2.60 bits per heavy atom. The molecule has 2 heterocycles. The molecule has 2 aromatic carbocycles. The highest BCUT2D eigenvalue weighted by Crippen LogP contribution is 2.30. The molecule has 10 heteroatoms. The average molecular weight is 448 g/mol. The van der Waals surface area contributed by atoms with E-state index in [9.17, 15) is 22.8 Å². The van der Waals surface area contributed by atoms with E-state index in [0.717, 1.165) is 5.56 Å². The number of carbonyl (C=O) groups is 3. The lowest BCUT2D eigenvalue weighted by molar-refractivity contribution is -0.136. The van der Waals surface area contributed by atoms with Crippen molar-refractivity contribution in [2.75, 3.05) is 4.72 Å². The number of rotatable bonds is 4. The summed E-state index contributed by atoms with van der Waals surface area (Å²) >= 11 is 6.04. The maximum atomic E-state index is 12.7. The summed E-state index contributed by atoms with van der Waals surface area (Å²) in [4.78, 5) is 37.6. The molecule has 2 aromatic rings. The predicted molar refractivity (Wildman–Crippen MR) is 109 cm³/mol. The van der Waals surface area contributed by atoms with Gasteiger partial charge in [-0.1, -0.05) is 17.7 Å². The van der Waals surface area contributed by atoms with Gasteiger partial charge in [-0.2, -0.15) is 0 Å². The molecule has 0 aromatic heterocycles. The van der Waals surface area contributed by atoms with Gasteiger partial charge in [-0.3, -0.25) is 24.4 Å². The maximum Gasteiger partial charge on any atom is 0.261 e. The lowest BCUT2D eigenvalue weighted by atomic mass is 10.0. The van der Waals surface area contributed by atoms with Crippen molar-refractivity contribution in [3.8, 4) is 0 Å². The molecule has 0 spiro atoms. The van der Waals surface area contributed by atoms with Crippen LogP contribution in [0.3, 0.4) is 0 Å². The minimum absolute atomic E-state index is 0.0276. The minimum Gasteiger partial charge on any atom is -0.322 e. The zero-order chi connectivity index (χ0) is 21.6. The van der Waals surface area contributed by atoms with Gasteiger partial charge in [0.15, 0.2) is 0 Å². The number of fused-ring (bicyclic) bond motifs is 1. The third-order valence-electron chi connectivity index (χ3n) is 5.23. The summed E-state index contributed by atoms with van der Waals surface area (Å²) in [5.74, 6) is -1.17. The quantitative estimate of drug-likeness (QED) is 0.698. The van der Waals surface area contributed by atoms with Gasteiger partial charge in [0.1, 0.15) is 6.04 Å². The second kappa shape index (κ2) is 7.41. The molecule has 1 fully saturated rings. The van der Waals surface area contributed by atoms with Crippen molar-refractivity contribution in [1.82, 2.24) is 10.2 Å². The standard InChI is InChI=1S/C20H18ClN3O5S/c1-11-2-4-14(9-16(11)21)30(28,29)23-13-3-5-15-12(8-13)10-24(20(15)27)17-6-7-18(25)22-19(17)26/h2-5,8-9,17,23H,6-7,10H2,1H3,(H,22,25,26). The fraction of sp³-hybridized carbons (Fsp3) is 0.250. The summed E-state index contributed by atoms with van der Waals surface area (Å²) in [5, 5.41) is 2.59. The lowest BCUT2D eigenvalue weighted by Gasteiger charge is -2.29. The number of carbonyl (C=O) groups excluding carboxylic acids is 3. The van der Waals surface area contributed by atoms with Crippen molar-refractivity contribution in [2.24, 2.45) is 0 Å². The van der Waals surface area contributed by atoms with Crippen LogP contribution in [0, 0.1) is 6.92 Å². The summed E-state index contributed by atoms with van der Waals surface area (Å²) in [6.45, 7) is 1.93. The van der Waals surface area contributed by atoms with Crippen LogP contribution in [-0.2, 0) is 26.2 Å². The first-order valence-electron chi connectivity index (χ1n) is 9.22. The Morgan fingerprint density at radius 2 is 1.90 bits per heavy atom.